The van der Waals surface area contributed by atoms with E-state index in [1.54, 1.807) is 12.1 Å². The third-order valence-electron chi connectivity index (χ3n) is 3.19. The van der Waals surface area contributed by atoms with Crippen LogP contribution in [0.3, 0.4) is 0 Å². The fourth-order valence-electron chi connectivity index (χ4n) is 2.20. The van der Waals surface area contributed by atoms with Crippen LogP contribution in [-0.4, -0.2) is 22.7 Å². The standard InChI is InChI=1S/C12H16N2O3/c15-12-6-1-9(7-12)8-13-10-2-4-11(5-3-10)14(16)17/h2-5,9,12-13,15H,1,6-8H2. The second kappa shape index (κ2) is 5.14. The van der Waals surface area contributed by atoms with Gasteiger partial charge in [-0.25, -0.2) is 0 Å². The van der Waals surface area contributed by atoms with E-state index >= 15 is 0 Å². The Bertz CT molecular complexity index is 391. The number of hydrogen-bond donors (Lipinski definition) is 2. The van der Waals surface area contributed by atoms with Gasteiger partial charge in [0.25, 0.3) is 5.69 Å². The summed E-state index contributed by atoms with van der Waals surface area (Å²) in [6, 6.07) is 6.41. The van der Waals surface area contributed by atoms with E-state index in [4.69, 9.17) is 0 Å². The van der Waals surface area contributed by atoms with Crippen molar-refractivity contribution >= 4 is 11.4 Å². The first kappa shape index (κ1) is 11.9. The quantitative estimate of drug-likeness (QED) is 0.620. The summed E-state index contributed by atoms with van der Waals surface area (Å²) in [5.41, 5.74) is 0.990. The predicted octanol–water partition coefficient (Wildman–Crippen LogP) is 2.17. The summed E-state index contributed by atoms with van der Waals surface area (Å²) in [6.45, 7) is 0.814. The van der Waals surface area contributed by atoms with Gasteiger partial charge in [0.05, 0.1) is 11.0 Å². The number of non-ortho nitro benzene ring substituents is 1. The maximum atomic E-state index is 10.5. The molecule has 2 rings (SSSR count). The third-order valence-corrected chi connectivity index (χ3v) is 3.19. The van der Waals surface area contributed by atoms with Gasteiger partial charge in [-0.1, -0.05) is 0 Å². The van der Waals surface area contributed by atoms with Crippen LogP contribution in [0, 0.1) is 16.0 Å². The fraction of sp³-hybridized carbons (Fsp3) is 0.500. The minimum Gasteiger partial charge on any atom is -0.393 e. The molecule has 1 fully saturated rings. The van der Waals surface area contributed by atoms with Crippen LogP contribution < -0.4 is 5.32 Å². The molecule has 0 amide bonds. The topological polar surface area (TPSA) is 75.4 Å². The van der Waals surface area contributed by atoms with Gasteiger partial charge in [-0.15, -0.1) is 0 Å². The van der Waals surface area contributed by atoms with Crippen molar-refractivity contribution in [1.29, 1.82) is 0 Å². The number of hydrogen-bond acceptors (Lipinski definition) is 4. The van der Waals surface area contributed by atoms with Crippen molar-refractivity contribution in [2.75, 3.05) is 11.9 Å². The monoisotopic (exact) mass is 236 g/mol. The summed E-state index contributed by atoms with van der Waals surface area (Å²) in [4.78, 5) is 10.1. The minimum atomic E-state index is -0.406. The van der Waals surface area contributed by atoms with E-state index in [1.807, 2.05) is 0 Å². The molecular weight excluding hydrogens is 220 g/mol. The number of nitrogens with one attached hydrogen (secondary N) is 1. The molecule has 92 valence electrons. The highest BCUT2D eigenvalue weighted by Crippen LogP contribution is 2.26. The summed E-state index contributed by atoms with van der Waals surface area (Å²) < 4.78 is 0. The van der Waals surface area contributed by atoms with Crippen LogP contribution in [0.4, 0.5) is 11.4 Å². The number of nitrogens with zero attached hydrogens (tertiary/aromatic N) is 1. The van der Waals surface area contributed by atoms with Gasteiger partial charge in [0, 0.05) is 24.4 Å². The van der Waals surface area contributed by atoms with Gasteiger partial charge in [-0.3, -0.25) is 10.1 Å². The Labute approximate surface area is 99.6 Å². The van der Waals surface area contributed by atoms with Gasteiger partial charge < -0.3 is 10.4 Å². The second-order valence-corrected chi connectivity index (χ2v) is 4.52. The smallest absolute Gasteiger partial charge is 0.269 e. The molecule has 1 saturated carbocycles. The number of rotatable bonds is 4. The number of nitro benzene ring substituents is 1. The zero-order valence-corrected chi connectivity index (χ0v) is 9.50. The second-order valence-electron chi connectivity index (χ2n) is 4.52. The molecular formula is C12H16N2O3. The Morgan fingerprint density at radius 1 is 1.35 bits per heavy atom. The summed E-state index contributed by atoms with van der Waals surface area (Å²) >= 11 is 0. The normalized spacial score (nSPS) is 23.6. The lowest BCUT2D eigenvalue weighted by Crippen LogP contribution is -2.12. The van der Waals surface area contributed by atoms with E-state index in [1.165, 1.54) is 12.1 Å². The van der Waals surface area contributed by atoms with Crippen LogP contribution in [0.5, 0.6) is 0 Å². The van der Waals surface area contributed by atoms with E-state index in [2.05, 4.69) is 5.32 Å². The highest BCUT2D eigenvalue weighted by Gasteiger charge is 2.22. The predicted molar refractivity (Wildman–Crippen MR) is 64.9 cm³/mol. The van der Waals surface area contributed by atoms with Crippen molar-refractivity contribution in [3.63, 3.8) is 0 Å². The third kappa shape index (κ3) is 3.17. The first-order valence-corrected chi connectivity index (χ1v) is 5.81. The molecule has 0 saturated heterocycles. The molecule has 0 aromatic heterocycles. The lowest BCUT2D eigenvalue weighted by molar-refractivity contribution is -0.384. The molecule has 1 aliphatic rings. The summed E-state index contributed by atoms with van der Waals surface area (Å²) in [7, 11) is 0. The molecule has 5 nitrogen and oxygen atoms in total. The Morgan fingerprint density at radius 3 is 2.59 bits per heavy atom. The molecule has 2 unspecified atom stereocenters. The zero-order valence-electron chi connectivity index (χ0n) is 9.50. The molecule has 17 heavy (non-hydrogen) atoms. The SMILES string of the molecule is O=[N+]([O-])c1ccc(NCC2CCC(O)C2)cc1. The number of nitro groups is 1. The van der Waals surface area contributed by atoms with Crippen molar-refractivity contribution in [3.8, 4) is 0 Å². The molecule has 1 aliphatic carbocycles. The van der Waals surface area contributed by atoms with Gasteiger partial charge in [-0.05, 0) is 37.3 Å². The molecule has 0 radical (unpaired) electrons. The summed E-state index contributed by atoms with van der Waals surface area (Å²) in [5, 5.41) is 23.1. The van der Waals surface area contributed by atoms with Crippen molar-refractivity contribution in [3.05, 3.63) is 34.4 Å². The highest BCUT2D eigenvalue weighted by molar-refractivity contribution is 5.48. The van der Waals surface area contributed by atoms with E-state index in [0.717, 1.165) is 31.5 Å². The maximum Gasteiger partial charge on any atom is 0.269 e. The van der Waals surface area contributed by atoms with Gasteiger partial charge in [0.1, 0.15) is 0 Å². The number of aliphatic hydroxyl groups is 1. The molecule has 2 N–H and O–H groups in total. The zero-order chi connectivity index (χ0) is 12.3. The first-order valence-electron chi connectivity index (χ1n) is 5.81. The van der Waals surface area contributed by atoms with Gasteiger partial charge in [0.15, 0.2) is 0 Å². The number of aliphatic hydroxyl groups excluding tert-OH is 1. The maximum absolute atomic E-state index is 10.5. The molecule has 0 aliphatic heterocycles. The van der Waals surface area contributed by atoms with Crippen molar-refractivity contribution in [2.24, 2.45) is 5.92 Å². The van der Waals surface area contributed by atoms with Crippen molar-refractivity contribution in [2.45, 2.75) is 25.4 Å². The molecule has 0 heterocycles. The van der Waals surface area contributed by atoms with E-state index in [-0.39, 0.29) is 11.8 Å². The van der Waals surface area contributed by atoms with Gasteiger partial charge in [0.2, 0.25) is 0 Å². The molecule has 5 heteroatoms. The van der Waals surface area contributed by atoms with Gasteiger partial charge in [-0.2, -0.15) is 0 Å². The number of anilines is 1. The largest absolute Gasteiger partial charge is 0.393 e. The van der Waals surface area contributed by atoms with Crippen molar-refractivity contribution < 1.29 is 10.0 Å². The number of benzene rings is 1. The minimum absolute atomic E-state index is 0.104. The average molecular weight is 236 g/mol. The molecule has 1 aromatic rings. The summed E-state index contributed by atoms with van der Waals surface area (Å²) in [5.74, 6) is 0.500. The molecule has 0 spiro atoms. The Morgan fingerprint density at radius 2 is 2.06 bits per heavy atom. The van der Waals surface area contributed by atoms with Crippen LogP contribution in [0.25, 0.3) is 0 Å². The Kier molecular flexibility index (Phi) is 3.58. The highest BCUT2D eigenvalue weighted by atomic mass is 16.6. The Hall–Kier alpha value is -1.62. The molecule has 2 atom stereocenters. The van der Waals surface area contributed by atoms with Crippen LogP contribution >= 0.6 is 0 Å². The molecule has 0 bridgehead atoms. The van der Waals surface area contributed by atoms with Crippen LogP contribution in [0.2, 0.25) is 0 Å². The van der Waals surface area contributed by atoms with E-state index < -0.39 is 4.92 Å². The van der Waals surface area contributed by atoms with Crippen LogP contribution in [-0.2, 0) is 0 Å². The Balaban J connectivity index is 1.85. The lowest BCUT2D eigenvalue weighted by Gasteiger charge is -2.11. The van der Waals surface area contributed by atoms with Crippen molar-refractivity contribution in [1.82, 2.24) is 0 Å². The lowest BCUT2D eigenvalue weighted by atomic mass is 10.1. The van der Waals surface area contributed by atoms with Crippen LogP contribution in [0.15, 0.2) is 24.3 Å². The summed E-state index contributed by atoms with van der Waals surface area (Å²) in [6.07, 6.45) is 2.62. The van der Waals surface area contributed by atoms with Crippen LogP contribution in [0.1, 0.15) is 19.3 Å². The average Bonchev–Trinajstić information content (AvgIpc) is 2.73. The van der Waals surface area contributed by atoms with E-state index in [9.17, 15) is 15.2 Å². The van der Waals surface area contributed by atoms with Gasteiger partial charge >= 0.3 is 0 Å². The first-order chi connectivity index (χ1) is 8.15. The van der Waals surface area contributed by atoms with E-state index in [0.29, 0.717) is 5.92 Å². The molecule has 1 aromatic carbocycles. The fourth-order valence-corrected chi connectivity index (χ4v) is 2.20.